The second-order valence-corrected chi connectivity index (χ2v) is 5.34. The summed E-state index contributed by atoms with van der Waals surface area (Å²) in [6.45, 7) is 2.71. The van der Waals surface area contributed by atoms with Crippen LogP contribution in [0.3, 0.4) is 0 Å². The van der Waals surface area contributed by atoms with Crippen molar-refractivity contribution in [1.82, 2.24) is 5.32 Å². The summed E-state index contributed by atoms with van der Waals surface area (Å²) >= 11 is 0. The number of nitrogens with two attached hydrogens (primary N) is 2. The largest absolute Gasteiger partial charge is 0.352 e. The van der Waals surface area contributed by atoms with Crippen molar-refractivity contribution < 1.29 is 4.79 Å². The molecule has 0 aliphatic heterocycles. The minimum Gasteiger partial charge on any atom is -0.352 e. The Morgan fingerprint density at radius 3 is 2.55 bits per heavy atom. The molecule has 20 heavy (non-hydrogen) atoms. The number of rotatable bonds is 9. The third kappa shape index (κ3) is 6.68. The molecule has 112 valence electrons. The number of nitrogens with one attached hydrogen (secondary N) is 1. The van der Waals surface area contributed by atoms with Crippen LogP contribution in [0.4, 0.5) is 0 Å². The van der Waals surface area contributed by atoms with Gasteiger partial charge in [0, 0.05) is 6.04 Å². The minimum atomic E-state index is -0.411. The van der Waals surface area contributed by atoms with Crippen molar-refractivity contribution in [3.05, 3.63) is 35.9 Å². The second kappa shape index (κ2) is 9.50. The van der Waals surface area contributed by atoms with E-state index in [-0.39, 0.29) is 11.9 Å². The maximum absolute atomic E-state index is 11.9. The number of carbonyl (C=O) groups excluding carboxylic acids is 1. The standard InChI is InChI=1S/C16H27N3O/c1-13(12-14-8-4-2-5-9-14)19-16(20)15(18)10-6-3-7-11-17/h2,4-5,8-9,13,15H,3,6-7,10-12,17-18H2,1H3,(H,19,20)/t13-,15-/m0/s1. The molecule has 0 heterocycles. The monoisotopic (exact) mass is 277 g/mol. The van der Waals surface area contributed by atoms with Crippen LogP contribution in [0.25, 0.3) is 0 Å². The minimum absolute atomic E-state index is 0.0545. The Bertz CT molecular complexity index is 381. The average Bonchev–Trinajstić information content (AvgIpc) is 2.44. The fraction of sp³-hybridized carbons (Fsp3) is 0.562. The molecule has 1 aromatic rings. The lowest BCUT2D eigenvalue weighted by atomic mass is 10.1. The molecular weight excluding hydrogens is 250 g/mol. The van der Waals surface area contributed by atoms with Crippen LogP contribution in [-0.2, 0) is 11.2 Å². The summed E-state index contributed by atoms with van der Waals surface area (Å²) in [6, 6.07) is 9.82. The molecule has 0 radical (unpaired) electrons. The van der Waals surface area contributed by atoms with Gasteiger partial charge in [-0.1, -0.05) is 43.2 Å². The fourth-order valence-electron chi connectivity index (χ4n) is 2.19. The first-order valence-electron chi connectivity index (χ1n) is 7.43. The Balaban J connectivity index is 2.26. The van der Waals surface area contributed by atoms with E-state index in [1.54, 1.807) is 0 Å². The molecule has 1 amide bonds. The number of unbranched alkanes of at least 4 members (excludes halogenated alkanes) is 2. The van der Waals surface area contributed by atoms with Gasteiger partial charge in [0.2, 0.25) is 5.91 Å². The van der Waals surface area contributed by atoms with E-state index in [0.717, 1.165) is 32.1 Å². The summed E-state index contributed by atoms with van der Waals surface area (Å²) in [5.74, 6) is -0.0545. The highest BCUT2D eigenvalue weighted by molar-refractivity contribution is 5.81. The lowest BCUT2D eigenvalue weighted by Gasteiger charge is -2.17. The van der Waals surface area contributed by atoms with Crippen LogP contribution in [0, 0.1) is 0 Å². The molecule has 0 saturated heterocycles. The van der Waals surface area contributed by atoms with Crippen LogP contribution >= 0.6 is 0 Å². The van der Waals surface area contributed by atoms with Crippen molar-refractivity contribution in [2.45, 2.75) is 51.1 Å². The van der Waals surface area contributed by atoms with Crippen LogP contribution < -0.4 is 16.8 Å². The van der Waals surface area contributed by atoms with E-state index < -0.39 is 6.04 Å². The zero-order chi connectivity index (χ0) is 14.8. The molecule has 1 aromatic carbocycles. The van der Waals surface area contributed by atoms with Gasteiger partial charge in [-0.15, -0.1) is 0 Å². The number of amides is 1. The molecular formula is C16H27N3O. The van der Waals surface area contributed by atoms with Crippen LogP contribution in [0.2, 0.25) is 0 Å². The Kier molecular flexibility index (Phi) is 7.92. The van der Waals surface area contributed by atoms with Crippen molar-refractivity contribution in [3.63, 3.8) is 0 Å². The molecule has 4 nitrogen and oxygen atoms in total. The number of carbonyl (C=O) groups is 1. The van der Waals surface area contributed by atoms with Crippen LogP contribution in [0.1, 0.15) is 38.2 Å². The molecule has 0 aliphatic rings. The number of hydrogen-bond acceptors (Lipinski definition) is 3. The second-order valence-electron chi connectivity index (χ2n) is 5.34. The lowest BCUT2D eigenvalue weighted by Crippen LogP contribution is -2.45. The van der Waals surface area contributed by atoms with Crippen molar-refractivity contribution in [1.29, 1.82) is 0 Å². The predicted molar refractivity (Wildman–Crippen MR) is 83.2 cm³/mol. The van der Waals surface area contributed by atoms with Gasteiger partial charge in [-0.25, -0.2) is 0 Å². The Morgan fingerprint density at radius 2 is 1.90 bits per heavy atom. The third-order valence-electron chi connectivity index (χ3n) is 3.33. The van der Waals surface area contributed by atoms with Gasteiger partial charge in [0.05, 0.1) is 6.04 Å². The highest BCUT2D eigenvalue weighted by atomic mass is 16.2. The van der Waals surface area contributed by atoms with Crippen molar-refractivity contribution >= 4 is 5.91 Å². The molecule has 4 heteroatoms. The Hall–Kier alpha value is -1.39. The van der Waals surface area contributed by atoms with Crippen molar-refractivity contribution in [2.24, 2.45) is 11.5 Å². The normalized spacial score (nSPS) is 13.8. The summed E-state index contributed by atoms with van der Waals surface area (Å²) in [7, 11) is 0. The Morgan fingerprint density at radius 1 is 1.20 bits per heavy atom. The van der Waals surface area contributed by atoms with E-state index in [9.17, 15) is 4.79 Å². The zero-order valence-electron chi connectivity index (χ0n) is 12.3. The van der Waals surface area contributed by atoms with E-state index in [1.807, 2.05) is 25.1 Å². The van der Waals surface area contributed by atoms with E-state index in [2.05, 4.69) is 17.4 Å². The van der Waals surface area contributed by atoms with Crippen LogP contribution in [0.15, 0.2) is 30.3 Å². The van der Waals surface area contributed by atoms with Crippen LogP contribution in [-0.4, -0.2) is 24.5 Å². The highest BCUT2D eigenvalue weighted by Crippen LogP contribution is 2.05. The highest BCUT2D eigenvalue weighted by Gasteiger charge is 2.15. The quantitative estimate of drug-likeness (QED) is 0.599. The summed E-state index contributed by atoms with van der Waals surface area (Å²) in [6.07, 6.45) is 4.55. The summed E-state index contributed by atoms with van der Waals surface area (Å²) < 4.78 is 0. The lowest BCUT2D eigenvalue weighted by molar-refractivity contribution is -0.123. The topological polar surface area (TPSA) is 81.1 Å². The van der Waals surface area contributed by atoms with Crippen molar-refractivity contribution in [3.8, 4) is 0 Å². The van der Waals surface area contributed by atoms with Gasteiger partial charge >= 0.3 is 0 Å². The smallest absolute Gasteiger partial charge is 0.237 e. The first-order chi connectivity index (χ1) is 9.63. The zero-order valence-corrected chi connectivity index (χ0v) is 12.3. The Labute approximate surface area is 121 Å². The number of hydrogen-bond donors (Lipinski definition) is 3. The first-order valence-corrected chi connectivity index (χ1v) is 7.43. The molecule has 0 saturated carbocycles. The van der Waals surface area contributed by atoms with Gasteiger partial charge in [0.1, 0.15) is 0 Å². The first kappa shape index (κ1) is 16.7. The van der Waals surface area contributed by atoms with Crippen LogP contribution in [0.5, 0.6) is 0 Å². The SMILES string of the molecule is C[C@@H](Cc1ccccc1)NC(=O)[C@@H](N)CCCCCN. The van der Waals surface area contributed by atoms with Gasteiger partial charge in [-0.3, -0.25) is 4.79 Å². The summed E-state index contributed by atoms with van der Waals surface area (Å²) in [5, 5.41) is 2.98. The molecule has 5 N–H and O–H groups in total. The maximum Gasteiger partial charge on any atom is 0.237 e. The van der Waals surface area contributed by atoms with Crippen molar-refractivity contribution in [2.75, 3.05) is 6.54 Å². The molecule has 0 unspecified atom stereocenters. The van der Waals surface area contributed by atoms with E-state index >= 15 is 0 Å². The molecule has 0 aliphatic carbocycles. The molecule has 0 bridgehead atoms. The number of benzene rings is 1. The molecule has 0 aromatic heterocycles. The van der Waals surface area contributed by atoms with Gasteiger partial charge in [0.15, 0.2) is 0 Å². The fourth-order valence-corrected chi connectivity index (χ4v) is 2.19. The molecule has 2 atom stereocenters. The molecule has 0 fully saturated rings. The van der Waals surface area contributed by atoms with E-state index in [4.69, 9.17) is 11.5 Å². The maximum atomic E-state index is 11.9. The summed E-state index contributed by atoms with van der Waals surface area (Å²) in [5.41, 5.74) is 12.6. The van der Waals surface area contributed by atoms with Gasteiger partial charge in [-0.05, 0) is 38.3 Å². The van der Waals surface area contributed by atoms with Gasteiger partial charge in [-0.2, -0.15) is 0 Å². The predicted octanol–water partition coefficient (Wildman–Crippen LogP) is 1.58. The van der Waals surface area contributed by atoms with Gasteiger partial charge < -0.3 is 16.8 Å². The van der Waals surface area contributed by atoms with Gasteiger partial charge in [0.25, 0.3) is 0 Å². The van der Waals surface area contributed by atoms with E-state index in [0.29, 0.717) is 6.54 Å². The third-order valence-corrected chi connectivity index (χ3v) is 3.33. The molecule has 0 spiro atoms. The summed E-state index contributed by atoms with van der Waals surface area (Å²) in [4.78, 5) is 11.9. The average molecular weight is 277 g/mol. The van der Waals surface area contributed by atoms with E-state index in [1.165, 1.54) is 5.56 Å². The molecule has 1 rings (SSSR count).